The number of likely N-dealkylation sites (N-methyl/N-ethyl adjacent to an activating group) is 1. The molecular formula is C11H21N3O. The predicted octanol–water partition coefficient (Wildman–Crippen LogP) is 0.643. The van der Waals surface area contributed by atoms with Crippen molar-refractivity contribution < 1.29 is 5.11 Å². The number of hydrogen-bond donors (Lipinski definition) is 2. The maximum Gasteiger partial charge on any atom is 0.0860 e. The highest BCUT2D eigenvalue weighted by molar-refractivity contribution is 5.24. The summed E-state index contributed by atoms with van der Waals surface area (Å²) in [5, 5.41) is 17.1. The van der Waals surface area contributed by atoms with Crippen molar-refractivity contribution in [2.24, 2.45) is 0 Å². The van der Waals surface area contributed by atoms with Crippen LogP contribution < -0.4 is 5.32 Å². The van der Waals surface area contributed by atoms with E-state index in [9.17, 15) is 5.11 Å². The molecule has 4 heteroatoms. The van der Waals surface area contributed by atoms with Crippen LogP contribution in [0.5, 0.6) is 0 Å². The summed E-state index contributed by atoms with van der Waals surface area (Å²) in [5.41, 5.74) is 3.54. The second kappa shape index (κ2) is 5.28. The Morgan fingerprint density at radius 1 is 1.47 bits per heavy atom. The average molecular weight is 211 g/mol. The molecule has 0 saturated carbocycles. The van der Waals surface area contributed by atoms with Crippen LogP contribution in [0.3, 0.4) is 0 Å². The maximum absolute atomic E-state index is 9.68. The van der Waals surface area contributed by atoms with Crippen molar-refractivity contribution in [2.45, 2.75) is 39.8 Å². The first-order chi connectivity index (χ1) is 7.10. The molecule has 1 unspecified atom stereocenters. The van der Waals surface area contributed by atoms with Gasteiger partial charge in [0.2, 0.25) is 0 Å². The molecule has 0 amide bonds. The molecular weight excluding hydrogens is 190 g/mol. The molecule has 15 heavy (non-hydrogen) atoms. The molecule has 86 valence electrons. The summed E-state index contributed by atoms with van der Waals surface area (Å²) in [6, 6.07) is 0. The zero-order chi connectivity index (χ0) is 11.4. The summed E-state index contributed by atoms with van der Waals surface area (Å²) in [6.45, 7) is 7.37. The Balaban J connectivity index is 2.77. The fourth-order valence-electron chi connectivity index (χ4n) is 1.92. The number of aliphatic hydroxyl groups excluding tert-OH is 1. The highest BCUT2D eigenvalue weighted by Gasteiger charge is 2.12. The number of nitrogens with one attached hydrogen (secondary N) is 1. The van der Waals surface area contributed by atoms with Crippen molar-refractivity contribution in [3.8, 4) is 0 Å². The van der Waals surface area contributed by atoms with E-state index in [1.54, 1.807) is 0 Å². The SMILES string of the molecule is CCc1c(C)nn(CC(O)CNC)c1C. The first-order valence-electron chi connectivity index (χ1n) is 5.45. The molecule has 0 aliphatic rings. The Labute approximate surface area is 91.3 Å². The van der Waals surface area contributed by atoms with Gasteiger partial charge in [-0.1, -0.05) is 6.92 Å². The topological polar surface area (TPSA) is 50.1 Å². The molecule has 2 N–H and O–H groups in total. The molecule has 0 spiro atoms. The highest BCUT2D eigenvalue weighted by atomic mass is 16.3. The third-order valence-electron chi connectivity index (χ3n) is 2.71. The van der Waals surface area contributed by atoms with E-state index in [-0.39, 0.29) is 6.10 Å². The van der Waals surface area contributed by atoms with Crippen molar-refractivity contribution in [3.63, 3.8) is 0 Å². The molecule has 0 radical (unpaired) electrons. The fourth-order valence-corrected chi connectivity index (χ4v) is 1.92. The van der Waals surface area contributed by atoms with Gasteiger partial charge in [0, 0.05) is 12.2 Å². The fraction of sp³-hybridized carbons (Fsp3) is 0.727. The molecule has 0 aliphatic carbocycles. The zero-order valence-corrected chi connectivity index (χ0v) is 10.0. The molecule has 1 aromatic rings. The van der Waals surface area contributed by atoms with Gasteiger partial charge in [0.15, 0.2) is 0 Å². The Bertz CT molecular complexity index is 320. The summed E-state index contributed by atoms with van der Waals surface area (Å²) in [6.07, 6.45) is 0.623. The molecule has 1 heterocycles. The van der Waals surface area contributed by atoms with Gasteiger partial charge in [0.25, 0.3) is 0 Å². The molecule has 4 nitrogen and oxygen atoms in total. The number of rotatable bonds is 5. The lowest BCUT2D eigenvalue weighted by molar-refractivity contribution is 0.148. The summed E-state index contributed by atoms with van der Waals surface area (Å²) < 4.78 is 1.90. The van der Waals surface area contributed by atoms with Crippen LogP contribution in [-0.2, 0) is 13.0 Å². The van der Waals surface area contributed by atoms with Crippen LogP contribution in [0.15, 0.2) is 0 Å². The van der Waals surface area contributed by atoms with Crippen molar-refractivity contribution in [1.82, 2.24) is 15.1 Å². The van der Waals surface area contributed by atoms with Crippen LogP contribution in [0.1, 0.15) is 23.9 Å². The highest BCUT2D eigenvalue weighted by Crippen LogP contribution is 2.13. The smallest absolute Gasteiger partial charge is 0.0860 e. The first-order valence-corrected chi connectivity index (χ1v) is 5.45. The molecule has 1 rings (SSSR count). The molecule has 1 atom stereocenters. The normalized spacial score (nSPS) is 13.1. The Kier molecular flexibility index (Phi) is 4.29. The van der Waals surface area contributed by atoms with Gasteiger partial charge in [-0.25, -0.2) is 0 Å². The van der Waals surface area contributed by atoms with Crippen molar-refractivity contribution in [3.05, 3.63) is 17.0 Å². The van der Waals surface area contributed by atoms with E-state index >= 15 is 0 Å². The van der Waals surface area contributed by atoms with E-state index in [1.807, 2.05) is 18.7 Å². The lowest BCUT2D eigenvalue weighted by Gasteiger charge is -2.11. The second-order valence-corrected chi connectivity index (χ2v) is 3.90. The Hall–Kier alpha value is -0.870. The second-order valence-electron chi connectivity index (χ2n) is 3.90. The third-order valence-corrected chi connectivity index (χ3v) is 2.71. The van der Waals surface area contributed by atoms with Gasteiger partial charge in [0.1, 0.15) is 0 Å². The maximum atomic E-state index is 9.68. The average Bonchev–Trinajstić information content (AvgIpc) is 2.42. The summed E-state index contributed by atoms with van der Waals surface area (Å²) >= 11 is 0. The van der Waals surface area contributed by atoms with Crippen molar-refractivity contribution >= 4 is 0 Å². The van der Waals surface area contributed by atoms with E-state index in [0.29, 0.717) is 13.1 Å². The lowest BCUT2D eigenvalue weighted by atomic mass is 10.1. The minimum Gasteiger partial charge on any atom is -0.390 e. The van der Waals surface area contributed by atoms with Crippen LogP contribution in [0.4, 0.5) is 0 Å². The number of aryl methyl sites for hydroxylation is 1. The van der Waals surface area contributed by atoms with E-state index in [0.717, 1.165) is 12.1 Å². The number of hydrogen-bond acceptors (Lipinski definition) is 3. The standard InChI is InChI=1S/C11H21N3O/c1-5-11-8(2)13-14(9(11)3)7-10(15)6-12-4/h10,12,15H,5-7H2,1-4H3. The van der Waals surface area contributed by atoms with Crippen LogP contribution in [-0.4, -0.2) is 34.6 Å². The van der Waals surface area contributed by atoms with Gasteiger partial charge in [-0.15, -0.1) is 0 Å². The monoisotopic (exact) mass is 211 g/mol. The van der Waals surface area contributed by atoms with E-state index in [1.165, 1.54) is 11.3 Å². The largest absolute Gasteiger partial charge is 0.390 e. The van der Waals surface area contributed by atoms with Crippen molar-refractivity contribution in [1.29, 1.82) is 0 Å². The minimum atomic E-state index is -0.377. The van der Waals surface area contributed by atoms with Gasteiger partial charge < -0.3 is 10.4 Å². The van der Waals surface area contributed by atoms with Crippen LogP contribution in [0.2, 0.25) is 0 Å². The van der Waals surface area contributed by atoms with Crippen LogP contribution >= 0.6 is 0 Å². The molecule has 0 fully saturated rings. The lowest BCUT2D eigenvalue weighted by Crippen LogP contribution is -2.28. The Morgan fingerprint density at radius 3 is 2.60 bits per heavy atom. The summed E-state index contributed by atoms with van der Waals surface area (Å²) in [7, 11) is 1.84. The zero-order valence-electron chi connectivity index (χ0n) is 10.0. The number of aliphatic hydroxyl groups is 1. The molecule has 0 aliphatic heterocycles. The van der Waals surface area contributed by atoms with Crippen LogP contribution in [0.25, 0.3) is 0 Å². The molecule has 0 bridgehead atoms. The van der Waals surface area contributed by atoms with E-state index in [2.05, 4.69) is 24.3 Å². The van der Waals surface area contributed by atoms with E-state index < -0.39 is 0 Å². The first kappa shape index (κ1) is 12.2. The van der Waals surface area contributed by atoms with Crippen molar-refractivity contribution in [2.75, 3.05) is 13.6 Å². The van der Waals surface area contributed by atoms with Gasteiger partial charge >= 0.3 is 0 Å². The predicted molar refractivity (Wildman–Crippen MR) is 61.0 cm³/mol. The molecule has 1 aromatic heterocycles. The summed E-state index contributed by atoms with van der Waals surface area (Å²) in [4.78, 5) is 0. The quantitative estimate of drug-likeness (QED) is 0.751. The third kappa shape index (κ3) is 2.79. The van der Waals surface area contributed by atoms with Gasteiger partial charge in [-0.05, 0) is 32.9 Å². The van der Waals surface area contributed by atoms with E-state index in [4.69, 9.17) is 0 Å². The number of nitrogens with zero attached hydrogens (tertiary/aromatic N) is 2. The molecule has 0 aromatic carbocycles. The molecule has 0 saturated heterocycles. The Morgan fingerprint density at radius 2 is 2.13 bits per heavy atom. The van der Waals surface area contributed by atoms with Gasteiger partial charge in [-0.3, -0.25) is 4.68 Å². The summed E-state index contributed by atoms with van der Waals surface area (Å²) in [5.74, 6) is 0. The van der Waals surface area contributed by atoms with Gasteiger partial charge in [-0.2, -0.15) is 5.10 Å². The van der Waals surface area contributed by atoms with Gasteiger partial charge in [0.05, 0.1) is 18.3 Å². The van der Waals surface area contributed by atoms with Crippen LogP contribution in [0, 0.1) is 13.8 Å². The minimum absolute atomic E-state index is 0.377. The number of aromatic nitrogens is 2.